The van der Waals surface area contributed by atoms with Crippen molar-refractivity contribution in [3.63, 3.8) is 0 Å². The summed E-state index contributed by atoms with van der Waals surface area (Å²) in [5, 5.41) is 9.90. The smallest absolute Gasteiger partial charge is 0.132 e. The molecule has 6 heteroatoms. The molecule has 2 aromatic carbocycles. The summed E-state index contributed by atoms with van der Waals surface area (Å²) in [4.78, 5) is 1.99. The van der Waals surface area contributed by atoms with Crippen LogP contribution in [0.2, 0.25) is 5.02 Å². The van der Waals surface area contributed by atoms with Gasteiger partial charge in [0.1, 0.15) is 24.0 Å². The second-order valence-corrected chi connectivity index (χ2v) is 6.38. The molecule has 3 nitrogen and oxygen atoms in total. The Morgan fingerprint density at radius 1 is 1.19 bits per heavy atom. The molecule has 136 valence electrons. The standard InChI is InChI=1S/C20H18ClF2NO2/c1-13-8-17(26-12-15-3-4-16(22)10-19(15)23)6-7-24(13)20-9-14(11-25)2-5-18(20)21/h2-6,8-10,25H,7,11-12H2,1H3. The second-order valence-electron chi connectivity index (χ2n) is 5.97. The monoisotopic (exact) mass is 377 g/mol. The maximum atomic E-state index is 13.7. The summed E-state index contributed by atoms with van der Waals surface area (Å²) in [5.41, 5.74) is 2.76. The van der Waals surface area contributed by atoms with Gasteiger partial charge in [-0.2, -0.15) is 0 Å². The van der Waals surface area contributed by atoms with E-state index in [0.717, 1.165) is 23.0 Å². The number of aliphatic hydroxyl groups excluding tert-OH is 1. The molecule has 0 radical (unpaired) electrons. The molecule has 0 spiro atoms. The van der Waals surface area contributed by atoms with Crippen molar-refractivity contribution in [2.45, 2.75) is 20.1 Å². The number of aliphatic hydroxyl groups is 1. The average molecular weight is 378 g/mol. The lowest BCUT2D eigenvalue weighted by Crippen LogP contribution is -2.25. The van der Waals surface area contributed by atoms with E-state index >= 15 is 0 Å². The van der Waals surface area contributed by atoms with E-state index in [1.54, 1.807) is 12.1 Å². The molecule has 0 atom stereocenters. The van der Waals surface area contributed by atoms with Crippen LogP contribution in [0, 0.1) is 11.6 Å². The third kappa shape index (κ3) is 4.06. The Morgan fingerprint density at radius 2 is 2.00 bits per heavy atom. The number of rotatable bonds is 5. The summed E-state index contributed by atoms with van der Waals surface area (Å²) >= 11 is 6.28. The fourth-order valence-corrected chi connectivity index (χ4v) is 2.94. The fraction of sp³-hybridized carbons (Fsp3) is 0.200. The molecule has 1 aliphatic heterocycles. The number of halogens is 3. The summed E-state index contributed by atoms with van der Waals surface area (Å²) < 4.78 is 32.3. The van der Waals surface area contributed by atoms with E-state index in [0.29, 0.717) is 22.9 Å². The van der Waals surface area contributed by atoms with Gasteiger partial charge in [0.15, 0.2) is 0 Å². The minimum Gasteiger partial charge on any atom is -0.489 e. The van der Waals surface area contributed by atoms with E-state index in [-0.39, 0.29) is 13.2 Å². The number of allylic oxidation sites excluding steroid dienone is 2. The largest absolute Gasteiger partial charge is 0.489 e. The van der Waals surface area contributed by atoms with Crippen LogP contribution in [-0.2, 0) is 18.0 Å². The molecule has 0 unspecified atom stereocenters. The Kier molecular flexibility index (Phi) is 5.59. The minimum absolute atomic E-state index is 0.0163. The van der Waals surface area contributed by atoms with Crippen LogP contribution in [0.15, 0.2) is 60.0 Å². The number of hydrogen-bond donors (Lipinski definition) is 1. The van der Waals surface area contributed by atoms with E-state index in [4.69, 9.17) is 16.3 Å². The molecule has 0 aromatic heterocycles. The molecule has 1 N–H and O–H groups in total. The Bertz CT molecular complexity index is 880. The number of anilines is 1. The van der Waals surface area contributed by atoms with Gasteiger partial charge in [0.25, 0.3) is 0 Å². The maximum absolute atomic E-state index is 13.7. The van der Waals surface area contributed by atoms with Gasteiger partial charge in [-0.25, -0.2) is 8.78 Å². The van der Waals surface area contributed by atoms with Crippen molar-refractivity contribution < 1.29 is 18.6 Å². The van der Waals surface area contributed by atoms with Gasteiger partial charge in [-0.1, -0.05) is 17.7 Å². The van der Waals surface area contributed by atoms with Crippen LogP contribution >= 0.6 is 11.6 Å². The van der Waals surface area contributed by atoms with Crippen molar-refractivity contribution in [2.24, 2.45) is 0 Å². The topological polar surface area (TPSA) is 32.7 Å². The molecular weight excluding hydrogens is 360 g/mol. The molecule has 0 saturated heterocycles. The molecule has 3 rings (SSSR count). The SMILES string of the molecule is CC1=CC(OCc2ccc(F)cc2F)=CCN1c1cc(CO)ccc1Cl. The van der Waals surface area contributed by atoms with E-state index in [9.17, 15) is 13.9 Å². The van der Waals surface area contributed by atoms with Gasteiger partial charge < -0.3 is 14.7 Å². The highest BCUT2D eigenvalue weighted by Gasteiger charge is 2.17. The zero-order valence-corrected chi connectivity index (χ0v) is 14.9. The van der Waals surface area contributed by atoms with Gasteiger partial charge in [-0.15, -0.1) is 0 Å². The number of benzene rings is 2. The van der Waals surface area contributed by atoms with Gasteiger partial charge in [0, 0.05) is 23.9 Å². The quantitative estimate of drug-likeness (QED) is 0.801. The summed E-state index contributed by atoms with van der Waals surface area (Å²) in [6.07, 6.45) is 3.68. The van der Waals surface area contributed by atoms with Gasteiger partial charge in [0.2, 0.25) is 0 Å². The first-order valence-corrected chi connectivity index (χ1v) is 8.47. The Hall–Kier alpha value is -2.37. The Labute approximate surface area is 155 Å². The fourth-order valence-electron chi connectivity index (χ4n) is 2.72. The Morgan fingerprint density at radius 3 is 2.69 bits per heavy atom. The lowest BCUT2D eigenvalue weighted by molar-refractivity contribution is 0.205. The summed E-state index contributed by atoms with van der Waals surface area (Å²) in [5.74, 6) is -0.634. The normalized spacial score (nSPS) is 14.1. The number of nitrogens with zero attached hydrogens (tertiary/aromatic N) is 1. The number of ether oxygens (including phenoxy) is 1. The van der Waals surface area contributed by atoms with Gasteiger partial charge in [-0.05, 0) is 48.9 Å². The highest BCUT2D eigenvalue weighted by Crippen LogP contribution is 2.32. The molecule has 1 heterocycles. The lowest BCUT2D eigenvalue weighted by atomic mass is 10.1. The molecule has 0 amide bonds. The van der Waals surface area contributed by atoms with E-state index < -0.39 is 11.6 Å². The molecule has 2 aromatic rings. The molecular formula is C20H18ClF2NO2. The highest BCUT2D eigenvalue weighted by molar-refractivity contribution is 6.33. The van der Waals surface area contributed by atoms with Crippen molar-refractivity contribution in [2.75, 3.05) is 11.4 Å². The zero-order chi connectivity index (χ0) is 18.7. The van der Waals surface area contributed by atoms with E-state index in [1.165, 1.54) is 12.1 Å². The van der Waals surface area contributed by atoms with E-state index in [2.05, 4.69) is 0 Å². The summed E-state index contributed by atoms with van der Waals surface area (Å²) in [6.45, 7) is 2.39. The van der Waals surface area contributed by atoms with Gasteiger partial charge >= 0.3 is 0 Å². The van der Waals surface area contributed by atoms with Crippen LogP contribution in [0.4, 0.5) is 14.5 Å². The van der Waals surface area contributed by atoms with Gasteiger partial charge in [-0.3, -0.25) is 0 Å². The lowest BCUT2D eigenvalue weighted by Gasteiger charge is -2.29. The molecule has 0 saturated carbocycles. The first-order valence-electron chi connectivity index (χ1n) is 8.10. The highest BCUT2D eigenvalue weighted by atomic mass is 35.5. The van der Waals surface area contributed by atoms with Crippen LogP contribution in [0.1, 0.15) is 18.1 Å². The maximum Gasteiger partial charge on any atom is 0.132 e. The van der Waals surface area contributed by atoms with Crippen LogP contribution in [0.3, 0.4) is 0 Å². The average Bonchev–Trinajstić information content (AvgIpc) is 2.62. The predicted molar refractivity (Wildman–Crippen MR) is 97.7 cm³/mol. The molecule has 26 heavy (non-hydrogen) atoms. The van der Waals surface area contributed by atoms with Crippen molar-refractivity contribution in [1.29, 1.82) is 0 Å². The van der Waals surface area contributed by atoms with Crippen molar-refractivity contribution >= 4 is 17.3 Å². The van der Waals surface area contributed by atoms with Crippen molar-refractivity contribution in [3.8, 4) is 0 Å². The van der Waals surface area contributed by atoms with Gasteiger partial charge in [0.05, 0.1) is 17.3 Å². The van der Waals surface area contributed by atoms with Crippen LogP contribution in [-0.4, -0.2) is 11.7 Å². The summed E-state index contributed by atoms with van der Waals surface area (Å²) in [6, 6.07) is 8.78. The first-order chi connectivity index (χ1) is 12.5. The summed E-state index contributed by atoms with van der Waals surface area (Å²) in [7, 11) is 0. The van der Waals surface area contributed by atoms with Crippen LogP contribution in [0.25, 0.3) is 0 Å². The minimum atomic E-state index is -0.628. The predicted octanol–water partition coefficient (Wildman–Crippen LogP) is 4.94. The van der Waals surface area contributed by atoms with Crippen molar-refractivity contribution in [3.05, 3.63) is 87.8 Å². The Balaban J connectivity index is 1.71. The van der Waals surface area contributed by atoms with Crippen molar-refractivity contribution in [1.82, 2.24) is 0 Å². The first kappa shape index (κ1) is 18.4. The number of hydrogen-bond acceptors (Lipinski definition) is 3. The molecule has 0 aliphatic carbocycles. The van der Waals surface area contributed by atoms with E-state index in [1.807, 2.05) is 30.0 Å². The zero-order valence-electron chi connectivity index (χ0n) is 14.2. The second kappa shape index (κ2) is 7.89. The van der Waals surface area contributed by atoms with Crippen LogP contribution < -0.4 is 4.90 Å². The third-order valence-corrected chi connectivity index (χ3v) is 4.46. The van der Waals surface area contributed by atoms with Crippen LogP contribution in [0.5, 0.6) is 0 Å². The third-order valence-electron chi connectivity index (χ3n) is 4.15. The molecule has 1 aliphatic rings. The molecule has 0 bridgehead atoms. The molecule has 0 fully saturated rings.